The maximum Gasteiger partial charge on any atom is 0.263 e. The van der Waals surface area contributed by atoms with Gasteiger partial charge in [-0.3, -0.25) is 9.36 Å². The molecule has 0 radical (unpaired) electrons. The number of aryl methyl sites for hydroxylation is 2. The second-order valence-electron chi connectivity index (χ2n) is 6.09. The van der Waals surface area contributed by atoms with Crippen molar-refractivity contribution in [2.75, 3.05) is 0 Å². The minimum atomic E-state index is -0.138. The number of nitrogens with one attached hydrogen (secondary N) is 1. The Morgan fingerprint density at radius 1 is 1.18 bits per heavy atom. The van der Waals surface area contributed by atoms with Gasteiger partial charge in [0.05, 0.1) is 14.9 Å². The Hall–Kier alpha value is -2.55. The molecule has 1 N–H and O–H groups in total. The molecule has 0 aliphatic rings. The number of pyridine rings is 1. The number of halogens is 1. The molecule has 0 aromatic carbocycles. The molecule has 4 aromatic heterocycles. The molecule has 9 heteroatoms. The van der Waals surface area contributed by atoms with E-state index >= 15 is 0 Å². The van der Waals surface area contributed by atoms with Crippen LogP contribution in [-0.2, 0) is 6.54 Å². The van der Waals surface area contributed by atoms with Crippen molar-refractivity contribution in [1.29, 1.82) is 0 Å². The van der Waals surface area contributed by atoms with E-state index in [2.05, 4.69) is 20.3 Å². The Morgan fingerprint density at radius 2 is 2.04 bits per heavy atom. The quantitative estimate of drug-likeness (QED) is 0.501. The third kappa shape index (κ3) is 3.84. The van der Waals surface area contributed by atoms with Crippen molar-refractivity contribution in [2.24, 2.45) is 0 Å². The first-order valence-electron chi connectivity index (χ1n) is 8.48. The molecule has 4 heterocycles. The van der Waals surface area contributed by atoms with Crippen molar-refractivity contribution in [3.8, 4) is 15.7 Å². The summed E-state index contributed by atoms with van der Waals surface area (Å²) in [4.78, 5) is 27.3. The SMILES string of the molecule is Cc1nc(-c2ccc(Cl)s2)sc1C(=O)NCc1ccnc(-n2ccnc2C)c1. The highest BCUT2D eigenvalue weighted by Crippen LogP contribution is 2.34. The number of carbonyl (C=O) groups is 1. The summed E-state index contributed by atoms with van der Waals surface area (Å²) < 4.78 is 2.60. The van der Waals surface area contributed by atoms with Crippen LogP contribution >= 0.6 is 34.3 Å². The van der Waals surface area contributed by atoms with E-state index < -0.39 is 0 Å². The number of imidazole rings is 1. The van der Waals surface area contributed by atoms with E-state index in [0.29, 0.717) is 21.5 Å². The van der Waals surface area contributed by atoms with Gasteiger partial charge in [-0.15, -0.1) is 22.7 Å². The summed E-state index contributed by atoms with van der Waals surface area (Å²) in [5.74, 6) is 1.49. The number of hydrogen-bond acceptors (Lipinski definition) is 6. The molecule has 0 saturated heterocycles. The van der Waals surface area contributed by atoms with Gasteiger partial charge < -0.3 is 5.32 Å². The Bertz CT molecular complexity index is 1150. The molecule has 0 aliphatic carbocycles. The van der Waals surface area contributed by atoms with E-state index in [1.165, 1.54) is 22.7 Å². The summed E-state index contributed by atoms with van der Waals surface area (Å²) >= 11 is 8.83. The third-order valence-electron chi connectivity index (χ3n) is 4.12. The molecule has 4 aromatic rings. The average molecular weight is 430 g/mol. The predicted octanol–water partition coefficient (Wildman–Crippen LogP) is 4.65. The zero-order valence-corrected chi connectivity index (χ0v) is 17.5. The van der Waals surface area contributed by atoms with Gasteiger partial charge in [-0.05, 0) is 43.7 Å². The summed E-state index contributed by atoms with van der Waals surface area (Å²) in [7, 11) is 0. The van der Waals surface area contributed by atoms with Crippen LogP contribution in [0.15, 0.2) is 42.9 Å². The second kappa shape index (κ2) is 7.83. The Balaban J connectivity index is 1.48. The predicted molar refractivity (Wildman–Crippen MR) is 112 cm³/mol. The Labute approximate surface area is 174 Å². The van der Waals surface area contributed by atoms with E-state index in [9.17, 15) is 4.79 Å². The van der Waals surface area contributed by atoms with Crippen LogP contribution in [0.1, 0.15) is 26.8 Å². The van der Waals surface area contributed by atoms with Crippen LogP contribution in [0, 0.1) is 13.8 Å². The van der Waals surface area contributed by atoms with Crippen LogP contribution < -0.4 is 5.32 Å². The summed E-state index contributed by atoms with van der Waals surface area (Å²) in [6.45, 7) is 4.16. The lowest BCUT2D eigenvalue weighted by Gasteiger charge is -2.08. The molecule has 0 saturated carbocycles. The highest BCUT2D eigenvalue weighted by Gasteiger charge is 2.17. The van der Waals surface area contributed by atoms with Crippen LogP contribution in [0.25, 0.3) is 15.7 Å². The van der Waals surface area contributed by atoms with Crippen molar-refractivity contribution in [3.05, 3.63) is 69.2 Å². The first kappa shape index (κ1) is 18.8. The fourth-order valence-corrected chi connectivity index (χ4v) is 4.81. The molecule has 0 aliphatic heterocycles. The lowest BCUT2D eigenvalue weighted by molar-refractivity contribution is 0.0954. The minimum absolute atomic E-state index is 0.138. The van der Waals surface area contributed by atoms with E-state index in [1.807, 2.05) is 48.9 Å². The summed E-state index contributed by atoms with van der Waals surface area (Å²) in [5, 5.41) is 3.78. The lowest BCUT2D eigenvalue weighted by Crippen LogP contribution is -2.22. The van der Waals surface area contributed by atoms with Gasteiger partial charge in [0.1, 0.15) is 21.5 Å². The van der Waals surface area contributed by atoms with Gasteiger partial charge in [-0.1, -0.05) is 11.6 Å². The first-order chi connectivity index (χ1) is 13.5. The summed E-state index contributed by atoms with van der Waals surface area (Å²) in [6.07, 6.45) is 5.32. The van der Waals surface area contributed by atoms with Gasteiger partial charge in [-0.25, -0.2) is 15.0 Å². The number of carbonyl (C=O) groups excluding carboxylic acids is 1. The van der Waals surface area contributed by atoms with Gasteiger partial charge in [0.2, 0.25) is 0 Å². The van der Waals surface area contributed by atoms with Crippen molar-refractivity contribution in [2.45, 2.75) is 20.4 Å². The standard InChI is InChI=1S/C19H16ClN5OS2/c1-11-17(28-19(24-11)14-3-4-15(20)27-14)18(26)23-10-13-5-6-22-16(9-13)25-8-7-21-12(25)2/h3-9H,10H2,1-2H3,(H,23,26). The molecular weight excluding hydrogens is 414 g/mol. The molecule has 6 nitrogen and oxygen atoms in total. The van der Waals surface area contributed by atoms with Crippen LogP contribution in [-0.4, -0.2) is 25.4 Å². The zero-order chi connectivity index (χ0) is 19.7. The van der Waals surface area contributed by atoms with Gasteiger partial charge in [-0.2, -0.15) is 0 Å². The molecule has 0 unspecified atom stereocenters. The van der Waals surface area contributed by atoms with Gasteiger partial charge >= 0.3 is 0 Å². The number of nitrogens with zero attached hydrogens (tertiary/aromatic N) is 4. The van der Waals surface area contributed by atoms with E-state index in [-0.39, 0.29) is 5.91 Å². The fraction of sp³-hybridized carbons (Fsp3) is 0.158. The van der Waals surface area contributed by atoms with Crippen molar-refractivity contribution in [3.63, 3.8) is 0 Å². The molecule has 0 fully saturated rings. The van der Waals surface area contributed by atoms with E-state index in [0.717, 1.165) is 27.1 Å². The second-order valence-corrected chi connectivity index (χ2v) is 8.80. The third-order valence-corrected chi connectivity index (χ3v) is 6.68. The number of hydrogen-bond donors (Lipinski definition) is 1. The molecular formula is C19H16ClN5OS2. The Morgan fingerprint density at radius 3 is 2.75 bits per heavy atom. The highest BCUT2D eigenvalue weighted by atomic mass is 35.5. The number of amides is 1. The van der Waals surface area contributed by atoms with Gasteiger partial charge in [0.15, 0.2) is 0 Å². The number of rotatable bonds is 5. The molecule has 4 rings (SSSR count). The van der Waals surface area contributed by atoms with E-state index in [4.69, 9.17) is 11.6 Å². The van der Waals surface area contributed by atoms with Gasteiger partial charge in [0, 0.05) is 25.1 Å². The maximum atomic E-state index is 12.7. The molecule has 1 amide bonds. The van der Waals surface area contributed by atoms with E-state index in [1.54, 1.807) is 12.4 Å². The smallest absolute Gasteiger partial charge is 0.263 e. The number of aromatic nitrogens is 4. The molecule has 0 atom stereocenters. The maximum absolute atomic E-state index is 12.7. The van der Waals surface area contributed by atoms with Crippen LogP contribution in [0.3, 0.4) is 0 Å². The van der Waals surface area contributed by atoms with Crippen LogP contribution in [0.4, 0.5) is 0 Å². The molecule has 0 bridgehead atoms. The number of thiophene rings is 1. The minimum Gasteiger partial charge on any atom is -0.347 e. The Kier molecular flexibility index (Phi) is 5.25. The lowest BCUT2D eigenvalue weighted by atomic mass is 10.2. The van der Waals surface area contributed by atoms with Gasteiger partial charge in [0.25, 0.3) is 5.91 Å². The van der Waals surface area contributed by atoms with Crippen LogP contribution in [0.2, 0.25) is 4.34 Å². The average Bonchev–Trinajstić information content (AvgIpc) is 3.40. The topological polar surface area (TPSA) is 72.7 Å². The zero-order valence-electron chi connectivity index (χ0n) is 15.1. The van der Waals surface area contributed by atoms with Crippen molar-refractivity contribution < 1.29 is 4.79 Å². The fourth-order valence-electron chi connectivity index (χ4n) is 2.73. The molecule has 142 valence electrons. The highest BCUT2D eigenvalue weighted by molar-refractivity contribution is 7.24. The monoisotopic (exact) mass is 429 g/mol. The van der Waals surface area contributed by atoms with Crippen molar-refractivity contribution in [1.82, 2.24) is 24.8 Å². The normalized spacial score (nSPS) is 11.0. The van der Waals surface area contributed by atoms with Crippen LogP contribution in [0.5, 0.6) is 0 Å². The summed E-state index contributed by atoms with van der Waals surface area (Å²) in [6, 6.07) is 7.58. The first-order valence-corrected chi connectivity index (χ1v) is 10.5. The molecule has 0 spiro atoms. The summed E-state index contributed by atoms with van der Waals surface area (Å²) in [5.41, 5.74) is 1.67. The largest absolute Gasteiger partial charge is 0.347 e. The molecule has 28 heavy (non-hydrogen) atoms. The van der Waals surface area contributed by atoms with Crippen molar-refractivity contribution >= 4 is 40.2 Å². The number of thiazole rings is 1.